The molecular formula is C6H13N3O3. The van der Waals surface area contributed by atoms with Crippen LogP contribution in [0.5, 0.6) is 0 Å². The monoisotopic (exact) mass is 175 g/mol. The van der Waals surface area contributed by atoms with Gasteiger partial charge >= 0.3 is 5.97 Å². The zero-order chi connectivity index (χ0) is 9.72. The fourth-order valence-electron chi connectivity index (χ4n) is 0.489. The Balaban J connectivity index is 3.92. The molecule has 0 aliphatic rings. The summed E-state index contributed by atoms with van der Waals surface area (Å²) in [7, 11) is 0. The first kappa shape index (κ1) is 10.9. The zero-order valence-electron chi connectivity index (χ0n) is 6.78. The van der Waals surface area contributed by atoms with Crippen LogP contribution in [-0.4, -0.2) is 35.6 Å². The first-order valence-electron chi connectivity index (χ1n) is 3.48. The van der Waals surface area contributed by atoms with E-state index in [1.807, 2.05) is 0 Å². The molecule has 6 nitrogen and oxygen atoms in total. The number of carboxylic acids is 1. The molecule has 0 aromatic rings. The van der Waals surface area contributed by atoms with Crippen LogP contribution < -0.4 is 16.8 Å². The van der Waals surface area contributed by atoms with Gasteiger partial charge in [-0.25, -0.2) is 0 Å². The van der Waals surface area contributed by atoms with Crippen molar-refractivity contribution >= 4 is 11.9 Å². The van der Waals surface area contributed by atoms with Crippen LogP contribution in [0.4, 0.5) is 0 Å². The maximum absolute atomic E-state index is 10.9. The van der Waals surface area contributed by atoms with E-state index in [0.29, 0.717) is 0 Å². The van der Waals surface area contributed by atoms with E-state index in [1.165, 1.54) is 6.92 Å². The number of carbonyl (C=O) groups excluding carboxylic acids is 1. The molecule has 1 amide bonds. The van der Waals surface area contributed by atoms with Gasteiger partial charge in [0.25, 0.3) is 0 Å². The number of nitrogens with two attached hydrogens (primary N) is 2. The van der Waals surface area contributed by atoms with Gasteiger partial charge in [-0.15, -0.1) is 0 Å². The molecule has 0 unspecified atom stereocenters. The SMILES string of the molecule is C[C@H](NC(=O)[C@@H](N)CN)C(=O)O. The number of hydrogen-bond donors (Lipinski definition) is 4. The molecule has 0 aliphatic carbocycles. The number of carboxylic acid groups (broad SMARTS) is 1. The van der Waals surface area contributed by atoms with Crippen LogP contribution in [0.25, 0.3) is 0 Å². The second-order valence-electron chi connectivity index (χ2n) is 2.41. The van der Waals surface area contributed by atoms with Gasteiger partial charge in [0.2, 0.25) is 5.91 Å². The maximum atomic E-state index is 10.9. The number of hydrogen-bond acceptors (Lipinski definition) is 4. The average molecular weight is 175 g/mol. The molecule has 70 valence electrons. The molecule has 0 aliphatic heterocycles. The summed E-state index contributed by atoms with van der Waals surface area (Å²) in [6.45, 7) is 1.35. The van der Waals surface area contributed by atoms with Crippen molar-refractivity contribution < 1.29 is 14.7 Å². The third-order valence-electron chi connectivity index (χ3n) is 1.32. The van der Waals surface area contributed by atoms with Crippen LogP contribution in [0.2, 0.25) is 0 Å². The van der Waals surface area contributed by atoms with Crippen LogP contribution in [0.15, 0.2) is 0 Å². The number of carbonyl (C=O) groups is 2. The lowest BCUT2D eigenvalue weighted by Crippen LogP contribution is -2.50. The van der Waals surface area contributed by atoms with Gasteiger partial charge < -0.3 is 21.9 Å². The van der Waals surface area contributed by atoms with Gasteiger partial charge in [-0.05, 0) is 6.92 Å². The molecule has 0 saturated carbocycles. The minimum Gasteiger partial charge on any atom is -0.480 e. The van der Waals surface area contributed by atoms with Crippen molar-refractivity contribution in [2.24, 2.45) is 11.5 Å². The van der Waals surface area contributed by atoms with Crippen molar-refractivity contribution in [1.82, 2.24) is 5.32 Å². The highest BCUT2D eigenvalue weighted by Crippen LogP contribution is 1.83. The summed E-state index contributed by atoms with van der Waals surface area (Å²) >= 11 is 0. The largest absolute Gasteiger partial charge is 0.480 e. The molecule has 0 bridgehead atoms. The maximum Gasteiger partial charge on any atom is 0.325 e. The molecule has 6 N–H and O–H groups in total. The standard InChI is InChI=1S/C6H13N3O3/c1-3(6(11)12)9-5(10)4(8)2-7/h3-4H,2,7-8H2,1H3,(H,9,10)(H,11,12)/t3-,4-/m0/s1. The van der Waals surface area contributed by atoms with E-state index < -0.39 is 24.0 Å². The number of rotatable bonds is 4. The highest BCUT2D eigenvalue weighted by atomic mass is 16.4. The van der Waals surface area contributed by atoms with Gasteiger partial charge in [0.15, 0.2) is 0 Å². The Hall–Kier alpha value is -1.14. The third-order valence-corrected chi connectivity index (χ3v) is 1.32. The van der Waals surface area contributed by atoms with Crippen molar-refractivity contribution in [3.8, 4) is 0 Å². The number of nitrogens with one attached hydrogen (secondary N) is 1. The van der Waals surface area contributed by atoms with Gasteiger partial charge in [0.1, 0.15) is 6.04 Å². The highest BCUT2D eigenvalue weighted by Gasteiger charge is 2.17. The van der Waals surface area contributed by atoms with E-state index in [-0.39, 0.29) is 6.54 Å². The summed E-state index contributed by atoms with van der Waals surface area (Å²) in [6, 6.07) is -1.78. The average Bonchev–Trinajstić information content (AvgIpc) is 2.02. The molecule has 0 heterocycles. The lowest BCUT2D eigenvalue weighted by atomic mass is 10.2. The Morgan fingerprint density at radius 1 is 1.58 bits per heavy atom. The quantitative estimate of drug-likeness (QED) is 0.389. The summed E-state index contributed by atoms with van der Waals surface area (Å²) in [6.07, 6.45) is 0. The van der Waals surface area contributed by atoms with Gasteiger partial charge in [-0.3, -0.25) is 9.59 Å². The molecular weight excluding hydrogens is 162 g/mol. The Labute approximate surface area is 69.9 Å². The van der Waals surface area contributed by atoms with E-state index in [2.05, 4.69) is 5.32 Å². The Morgan fingerprint density at radius 3 is 2.42 bits per heavy atom. The lowest BCUT2D eigenvalue weighted by molar-refractivity contribution is -0.141. The predicted octanol–water partition coefficient (Wildman–Crippen LogP) is -2.14. The van der Waals surface area contributed by atoms with Crippen molar-refractivity contribution in [3.05, 3.63) is 0 Å². The molecule has 0 fully saturated rings. The zero-order valence-corrected chi connectivity index (χ0v) is 6.78. The van der Waals surface area contributed by atoms with E-state index >= 15 is 0 Å². The minimum absolute atomic E-state index is 0.00181. The summed E-state index contributed by atoms with van der Waals surface area (Å²) in [5.41, 5.74) is 10.3. The molecule has 0 saturated heterocycles. The summed E-state index contributed by atoms with van der Waals surface area (Å²) in [5, 5.41) is 10.6. The molecule has 0 spiro atoms. The number of amides is 1. The topological polar surface area (TPSA) is 118 Å². The Morgan fingerprint density at radius 2 is 2.08 bits per heavy atom. The summed E-state index contributed by atoms with van der Waals surface area (Å²) in [5.74, 6) is -1.65. The molecule has 0 rings (SSSR count). The van der Waals surface area contributed by atoms with Crippen molar-refractivity contribution in [3.63, 3.8) is 0 Å². The van der Waals surface area contributed by atoms with Crippen molar-refractivity contribution in [2.75, 3.05) is 6.54 Å². The second kappa shape index (κ2) is 4.68. The molecule has 12 heavy (non-hydrogen) atoms. The fraction of sp³-hybridized carbons (Fsp3) is 0.667. The van der Waals surface area contributed by atoms with Crippen LogP contribution >= 0.6 is 0 Å². The smallest absolute Gasteiger partial charge is 0.325 e. The normalized spacial score (nSPS) is 14.9. The highest BCUT2D eigenvalue weighted by molar-refractivity contribution is 5.86. The molecule has 0 radical (unpaired) electrons. The first-order chi connectivity index (χ1) is 5.49. The Kier molecular flexibility index (Phi) is 4.24. The third kappa shape index (κ3) is 3.31. The van der Waals surface area contributed by atoms with E-state index in [0.717, 1.165) is 0 Å². The fourth-order valence-corrected chi connectivity index (χ4v) is 0.489. The van der Waals surface area contributed by atoms with Crippen molar-refractivity contribution in [2.45, 2.75) is 19.0 Å². The van der Waals surface area contributed by atoms with Gasteiger partial charge in [-0.1, -0.05) is 0 Å². The number of aliphatic carboxylic acids is 1. The molecule has 0 aromatic carbocycles. The van der Waals surface area contributed by atoms with Gasteiger partial charge in [0.05, 0.1) is 6.04 Å². The van der Waals surface area contributed by atoms with Crippen LogP contribution in [-0.2, 0) is 9.59 Å². The minimum atomic E-state index is -1.10. The summed E-state index contributed by atoms with van der Waals surface area (Å²) in [4.78, 5) is 21.2. The molecule has 2 atom stereocenters. The van der Waals surface area contributed by atoms with Gasteiger partial charge in [-0.2, -0.15) is 0 Å². The Bertz CT molecular complexity index is 183. The van der Waals surface area contributed by atoms with Crippen LogP contribution in [0.3, 0.4) is 0 Å². The van der Waals surface area contributed by atoms with E-state index in [1.54, 1.807) is 0 Å². The van der Waals surface area contributed by atoms with Crippen LogP contribution in [0.1, 0.15) is 6.92 Å². The lowest BCUT2D eigenvalue weighted by Gasteiger charge is -2.12. The predicted molar refractivity (Wildman–Crippen MR) is 42.3 cm³/mol. The summed E-state index contributed by atoms with van der Waals surface area (Å²) < 4.78 is 0. The van der Waals surface area contributed by atoms with Gasteiger partial charge in [0, 0.05) is 6.54 Å². The molecule has 6 heteroatoms. The van der Waals surface area contributed by atoms with E-state index in [4.69, 9.17) is 16.6 Å². The first-order valence-corrected chi connectivity index (χ1v) is 3.48. The van der Waals surface area contributed by atoms with Crippen LogP contribution in [0, 0.1) is 0 Å². The van der Waals surface area contributed by atoms with E-state index in [9.17, 15) is 9.59 Å². The van der Waals surface area contributed by atoms with Crippen molar-refractivity contribution in [1.29, 1.82) is 0 Å². The second-order valence-corrected chi connectivity index (χ2v) is 2.41. The molecule has 0 aromatic heterocycles.